The number of aromatic nitrogens is 1. The largest absolute Gasteiger partial charge is 0.454 e. The summed E-state index contributed by atoms with van der Waals surface area (Å²) in [6.07, 6.45) is 1.93. The van der Waals surface area contributed by atoms with Crippen molar-refractivity contribution in [2.24, 2.45) is 0 Å². The number of pyridine rings is 1. The van der Waals surface area contributed by atoms with Crippen LogP contribution in [0.1, 0.15) is 0 Å². The van der Waals surface area contributed by atoms with Gasteiger partial charge >= 0.3 is 0 Å². The minimum Gasteiger partial charge on any atom is -0.454 e. The molecule has 0 saturated carbocycles. The molecular weight excluding hydrogens is 585 g/mol. The topological polar surface area (TPSA) is 29.3 Å². The lowest BCUT2D eigenvalue weighted by Gasteiger charge is -2.26. The van der Waals surface area contributed by atoms with Gasteiger partial charge < -0.3 is 9.32 Å². The molecule has 2 heterocycles. The van der Waals surface area contributed by atoms with Crippen molar-refractivity contribution >= 4 is 49.9 Å². The van der Waals surface area contributed by atoms with E-state index in [1.54, 1.807) is 0 Å². The van der Waals surface area contributed by atoms with E-state index in [0.717, 1.165) is 55.5 Å². The Morgan fingerprint density at radius 1 is 0.396 bits per heavy atom. The molecule has 0 aliphatic rings. The highest BCUT2D eigenvalue weighted by Crippen LogP contribution is 2.41. The molecule has 0 amide bonds. The predicted octanol–water partition coefficient (Wildman–Crippen LogP) is 12.6. The number of nitrogens with zero attached hydrogens (tertiary/aromatic N) is 2. The standard InChI is InChI=1S/C45H30N2O/c1-3-10-31(11-4-1)33-18-20-34(21-19-33)35-22-24-38(25-23-35)47(39-16-9-15-36(28-39)32-12-5-2-6-13-32)40-26-27-42-43(29-40)48-45-41-17-8-7-14-37(41)30-46-44(42)45/h1-30H. The van der Waals surface area contributed by atoms with Crippen LogP contribution in [-0.4, -0.2) is 4.98 Å². The molecule has 0 spiro atoms. The molecule has 0 unspecified atom stereocenters. The van der Waals surface area contributed by atoms with Crippen LogP contribution in [0.15, 0.2) is 187 Å². The van der Waals surface area contributed by atoms with Crippen molar-refractivity contribution in [2.75, 3.05) is 4.90 Å². The Labute approximate surface area is 279 Å². The molecule has 0 N–H and O–H groups in total. The van der Waals surface area contributed by atoms with Gasteiger partial charge in [0, 0.05) is 45.5 Å². The summed E-state index contributed by atoms with van der Waals surface area (Å²) in [6, 6.07) is 62.0. The molecule has 0 bridgehead atoms. The Bertz CT molecular complexity index is 2540. The molecule has 0 aliphatic heterocycles. The molecule has 0 radical (unpaired) electrons. The Morgan fingerprint density at radius 3 is 1.65 bits per heavy atom. The highest BCUT2D eigenvalue weighted by molar-refractivity contribution is 6.13. The van der Waals surface area contributed by atoms with Crippen LogP contribution in [0.3, 0.4) is 0 Å². The van der Waals surface area contributed by atoms with Crippen molar-refractivity contribution in [1.29, 1.82) is 0 Å². The lowest BCUT2D eigenvalue weighted by molar-refractivity contribution is 0.672. The Morgan fingerprint density at radius 2 is 0.938 bits per heavy atom. The number of benzene rings is 7. The van der Waals surface area contributed by atoms with E-state index in [4.69, 9.17) is 9.40 Å². The smallest absolute Gasteiger partial charge is 0.161 e. The quantitative estimate of drug-likeness (QED) is 0.187. The third-order valence-electron chi connectivity index (χ3n) is 9.11. The van der Waals surface area contributed by atoms with Crippen LogP contribution in [0.5, 0.6) is 0 Å². The van der Waals surface area contributed by atoms with E-state index in [0.29, 0.717) is 0 Å². The van der Waals surface area contributed by atoms with Gasteiger partial charge in [-0.1, -0.05) is 133 Å². The van der Waals surface area contributed by atoms with E-state index in [2.05, 4.69) is 163 Å². The van der Waals surface area contributed by atoms with Crippen LogP contribution in [0.4, 0.5) is 17.1 Å². The van der Waals surface area contributed by atoms with E-state index >= 15 is 0 Å². The van der Waals surface area contributed by atoms with Crippen molar-refractivity contribution in [3.05, 3.63) is 182 Å². The summed E-state index contributed by atoms with van der Waals surface area (Å²) in [6.45, 7) is 0. The molecule has 0 fully saturated rings. The van der Waals surface area contributed by atoms with Gasteiger partial charge in [0.05, 0.1) is 0 Å². The zero-order valence-corrected chi connectivity index (χ0v) is 26.1. The number of rotatable bonds is 6. The van der Waals surface area contributed by atoms with Crippen LogP contribution in [-0.2, 0) is 0 Å². The summed E-state index contributed by atoms with van der Waals surface area (Å²) in [5.74, 6) is 0. The van der Waals surface area contributed by atoms with Crippen LogP contribution in [0.2, 0.25) is 0 Å². The van der Waals surface area contributed by atoms with Gasteiger partial charge in [0.1, 0.15) is 11.1 Å². The van der Waals surface area contributed by atoms with E-state index in [1.807, 2.05) is 24.4 Å². The fourth-order valence-corrected chi connectivity index (χ4v) is 6.66. The maximum absolute atomic E-state index is 6.55. The second-order valence-corrected chi connectivity index (χ2v) is 12.0. The molecule has 0 aliphatic carbocycles. The summed E-state index contributed by atoms with van der Waals surface area (Å²) in [5, 5.41) is 3.14. The third-order valence-corrected chi connectivity index (χ3v) is 9.11. The summed E-state index contributed by atoms with van der Waals surface area (Å²) in [4.78, 5) is 7.09. The Balaban J connectivity index is 1.14. The molecule has 2 aromatic heterocycles. The summed E-state index contributed by atoms with van der Waals surface area (Å²) in [5.41, 5.74) is 12.8. The fraction of sp³-hybridized carbons (Fsp3) is 0. The average Bonchev–Trinajstić information content (AvgIpc) is 3.55. The average molecular weight is 615 g/mol. The minimum atomic E-state index is 0.811. The first kappa shape index (κ1) is 27.8. The maximum atomic E-state index is 6.55. The number of fused-ring (bicyclic) bond motifs is 5. The second-order valence-electron chi connectivity index (χ2n) is 12.0. The highest BCUT2D eigenvalue weighted by atomic mass is 16.3. The van der Waals surface area contributed by atoms with Crippen LogP contribution in [0, 0.1) is 0 Å². The summed E-state index contributed by atoms with van der Waals surface area (Å²) < 4.78 is 6.55. The van der Waals surface area contributed by atoms with Crippen molar-refractivity contribution < 1.29 is 4.42 Å². The monoisotopic (exact) mass is 614 g/mol. The maximum Gasteiger partial charge on any atom is 0.161 e. The van der Waals surface area contributed by atoms with Crippen LogP contribution < -0.4 is 4.90 Å². The highest BCUT2D eigenvalue weighted by Gasteiger charge is 2.18. The number of hydrogen-bond donors (Lipinski definition) is 0. The van der Waals surface area contributed by atoms with Gasteiger partial charge in [0.2, 0.25) is 0 Å². The molecule has 9 rings (SSSR count). The molecule has 3 nitrogen and oxygen atoms in total. The Hall–Kier alpha value is -6.45. The van der Waals surface area contributed by atoms with Crippen LogP contribution >= 0.6 is 0 Å². The van der Waals surface area contributed by atoms with E-state index in [-0.39, 0.29) is 0 Å². The molecule has 226 valence electrons. The molecule has 0 atom stereocenters. The van der Waals surface area contributed by atoms with Gasteiger partial charge in [0.25, 0.3) is 0 Å². The van der Waals surface area contributed by atoms with Gasteiger partial charge in [-0.3, -0.25) is 4.98 Å². The van der Waals surface area contributed by atoms with Crippen molar-refractivity contribution in [3.63, 3.8) is 0 Å². The number of hydrogen-bond acceptors (Lipinski definition) is 3. The predicted molar refractivity (Wildman–Crippen MR) is 200 cm³/mol. The summed E-state index contributed by atoms with van der Waals surface area (Å²) >= 11 is 0. The third kappa shape index (κ3) is 4.99. The molecular formula is C45H30N2O. The van der Waals surface area contributed by atoms with Gasteiger partial charge in [-0.2, -0.15) is 0 Å². The van der Waals surface area contributed by atoms with E-state index in [1.165, 1.54) is 27.8 Å². The number of anilines is 3. The van der Waals surface area contributed by atoms with Gasteiger partial charge in [-0.25, -0.2) is 0 Å². The zero-order chi connectivity index (χ0) is 31.9. The lowest BCUT2D eigenvalue weighted by Crippen LogP contribution is -2.10. The second kappa shape index (κ2) is 11.7. The van der Waals surface area contributed by atoms with Crippen molar-refractivity contribution in [2.45, 2.75) is 0 Å². The fourth-order valence-electron chi connectivity index (χ4n) is 6.66. The van der Waals surface area contributed by atoms with Crippen molar-refractivity contribution in [1.82, 2.24) is 4.98 Å². The SMILES string of the molecule is c1ccc(-c2ccc(-c3ccc(N(c4cccc(-c5ccccc5)c4)c4ccc5c(c4)oc4c6ccccc6cnc54)cc3)cc2)cc1. The van der Waals surface area contributed by atoms with Crippen molar-refractivity contribution in [3.8, 4) is 33.4 Å². The normalized spacial score (nSPS) is 11.3. The number of furan rings is 1. The first-order valence-corrected chi connectivity index (χ1v) is 16.2. The first-order chi connectivity index (χ1) is 23.8. The molecule has 3 heteroatoms. The molecule has 9 aromatic rings. The van der Waals surface area contributed by atoms with Gasteiger partial charge in [0.15, 0.2) is 5.58 Å². The lowest BCUT2D eigenvalue weighted by atomic mass is 10.00. The van der Waals surface area contributed by atoms with E-state index < -0.39 is 0 Å². The summed E-state index contributed by atoms with van der Waals surface area (Å²) in [7, 11) is 0. The Kier molecular flexibility index (Phi) is 6.80. The van der Waals surface area contributed by atoms with E-state index in [9.17, 15) is 0 Å². The molecule has 0 saturated heterocycles. The van der Waals surface area contributed by atoms with Gasteiger partial charge in [-0.15, -0.1) is 0 Å². The minimum absolute atomic E-state index is 0.811. The molecule has 48 heavy (non-hydrogen) atoms. The first-order valence-electron chi connectivity index (χ1n) is 16.2. The van der Waals surface area contributed by atoms with Gasteiger partial charge in [-0.05, 0) is 69.8 Å². The van der Waals surface area contributed by atoms with Crippen LogP contribution in [0.25, 0.3) is 66.2 Å². The molecule has 7 aromatic carbocycles. The zero-order valence-electron chi connectivity index (χ0n) is 26.1.